The van der Waals surface area contributed by atoms with Crippen molar-refractivity contribution in [3.8, 4) is 5.69 Å². The summed E-state index contributed by atoms with van der Waals surface area (Å²) in [5, 5.41) is 2.67. The summed E-state index contributed by atoms with van der Waals surface area (Å²) >= 11 is 0. The Bertz CT molecular complexity index is 911. The van der Waals surface area contributed by atoms with Crippen LogP contribution in [0.25, 0.3) is 5.69 Å². The Kier molecular flexibility index (Phi) is 3.57. The maximum atomic E-state index is 14.4. The standard InChI is InChI=1S/C18H17FN4O3/c1-21-16(25)18(20-17(21)26)6-9-23(11-18)15(24)12-4-5-14(13(19)10-12)22-7-2-3-8-22/h2-5,7-8,10H,6,9,11H2,1H3,(H,20,26). The van der Waals surface area contributed by atoms with E-state index in [2.05, 4.69) is 5.32 Å². The number of nitrogens with zero attached hydrogens (tertiary/aromatic N) is 3. The first kappa shape index (κ1) is 16.3. The van der Waals surface area contributed by atoms with Crippen LogP contribution in [0.4, 0.5) is 9.18 Å². The second-order valence-electron chi connectivity index (χ2n) is 6.61. The normalized spacial score (nSPS) is 22.4. The monoisotopic (exact) mass is 356 g/mol. The summed E-state index contributed by atoms with van der Waals surface area (Å²) in [5.74, 6) is -1.21. The van der Waals surface area contributed by atoms with Crippen LogP contribution in [0.1, 0.15) is 16.8 Å². The summed E-state index contributed by atoms with van der Waals surface area (Å²) in [7, 11) is 1.41. The van der Waals surface area contributed by atoms with Crippen LogP contribution in [-0.2, 0) is 4.79 Å². The molecule has 0 aliphatic carbocycles. The van der Waals surface area contributed by atoms with Gasteiger partial charge in [0, 0.05) is 31.5 Å². The van der Waals surface area contributed by atoms with Crippen LogP contribution in [0.3, 0.4) is 0 Å². The lowest BCUT2D eigenvalue weighted by atomic mass is 9.99. The van der Waals surface area contributed by atoms with Crippen molar-refractivity contribution in [3.63, 3.8) is 0 Å². The number of rotatable bonds is 2. The summed E-state index contributed by atoms with van der Waals surface area (Å²) in [6.45, 7) is 0.404. The molecule has 2 aromatic rings. The van der Waals surface area contributed by atoms with Gasteiger partial charge in [-0.05, 0) is 36.8 Å². The number of likely N-dealkylation sites (N-methyl/N-ethyl adjacent to an activating group) is 1. The minimum atomic E-state index is -1.06. The SMILES string of the molecule is CN1C(=O)NC2(CCN(C(=O)c3ccc(-n4cccc4)c(F)c3)C2)C1=O. The summed E-state index contributed by atoms with van der Waals surface area (Å²) in [5.41, 5.74) is -0.504. The molecule has 1 atom stereocenters. The number of halogens is 1. The van der Waals surface area contributed by atoms with Gasteiger partial charge in [0.2, 0.25) is 0 Å². The second-order valence-corrected chi connectivity index (χ2v) is 6.61. The smallest absolute Gasteiger partial charge is 0.324 e. The quantitative estimate of drug-likeness (QED) is 0.826. The number of amides is 4. The number of carbonyl (C=O) groups is 3. The summed E-state index contributed by atoms with van der Waals surface area (Å²) in [4.78, 5) is 39.3. The fourth-order valence-corrected chi connectivity index (χ4v) is 3.54. The molecule has 2 fully saturated rings. The van der Waals surface area contributed by atoms with Gasteiger partial charge in [0.05, 0.1) is 12.2 Å². The van der Waals surface area contributed by atoms with Gasteiger partial charge < -0.3 is 14.8 Å². The number of urea groups is 1. The van der Waals surface area contributed by atoms with Crippen molar-refractivity contribution in [2.24, 2.45) is 0 Å². The van der Waals surface area contributed by atoms with Crippen molar-refractivity contribution >= 4 is 17.8 Å². The number of hydrogen-bond donors (Lipinski definition) is 1. The molecule has 1 aromatic carbocycles. The van der Waals surface area contributed by atoms with Crippen LogP contribution in [0.5, 0.6) is 0 Å². The van der Waals surface area contributed by atoms with Gasteiger partial charge in [-0.25, -0.2) is 9.18 Å². The summed E-state index contributed by atoms with van der Waals surface area (Å²) in [6, 6.07) is 7.41. The lowest BCUT2D eigenvalue weighted by Crippen LogP contribution is -2.49. The van der Waals surface area contributed by atoms with Crippen LogP contribution in [0.2, 0.25) is 0 Å². The minimum absolute atomic E-state index is 0.0850. The van der Waals surface area contributed by atoms with E-state index in [-0.39, 0.29) is 23.9 Å². The van der Waals surface area contributed by atoms with E-state index in [1.165, 1.54) is 18.0 Å². The Morgan fingerprint density at radius 3 is 2.58 bits per heavy atom. The molecule has 1 spiro atoms. The predicted molar refractivity (Wildman–Crippen MR) is 90.3 cm³/mol. The molecule has 0 saturated carbocycles. The zero-order chi connectivity index (χ0) is 18.5. The third kappa shape index (κ3) is 2.37. The highest BCUT2D eigenvalue weighted by atomic mass is 19.1. The number of hydrogen-bond acceptors (Lipinski definition) is 3. The topological polar surface area (TPSA) is 74.7 Å². The van der Waals surface area contributed by atoms with E-state index in [0.717, 1.165) is 4.90 Å². The van der Waals surface area contributed by atoms with Crippen LogP contribution in [0.15, 0.2) is 42.7 Å². The van der Waals surface area contributed by atoms with Gasteiger partial charge in [0.1, 0.15) is 11.4 Å². The van der Waals surface area contributed by atoms with Crippen molar-refractivity contribution in [2.45, 2.75) is 12.0 Å². The van der Waals surface area contributed by atoms with Gasteiger partial charge in [-0.2, -0.15) is 0 Å². The highest BCUT2D eigenvalue weighted by Crippen LogP contribution is 2.29. The molecule has 0 bridgehead atoms. The zero-order valence-corrected chi connectivity index (χ0v) is 14.1. The van der Waals surface area contributed by atoms with E-state index < -0.39 is 17.4 Å². The van der Waals surface area contributed by atoms with Crippen LogP contribution in [0, 0.1) is 5.82 Å². The Morgan fingerprint density at radius 1 is 1.23 bits per heavy atom. The van der Waals surface area contributed by atoms with Gasteiger partial charge in [-0.1, -0.05) is 0 Å². The van der Waals surface area contributed by atoms with Crippen LogP contribution >= 0.6 is 0 Å². The van der Waals surface area contributed by atoms with Gasteiger partial charge in [0.25, 0.3) is 11.8 Å². The minimum Gasteiger partial charge on any atom is -0.336 e. The number of likely N-dealkylation sites (tertiary alicyclic amines) is 1. The summed E-state index contributed by atoms with van der Waals surface area (Å²) < 4.78 is 16.0. The number of nitrogens with one attached hydrogen (secondary N) is 1. The molecule has 26 heavy (non-hydrogen) atoms. The molecule has 8 heteroatoms. The lowest BCUT2D eigenvalue weighted by Gasteiger charge is -2.21. The number of aromatic nitrogens is 1. The molecule has 1 unspecified atom stereocenters. The van der Waals surface area contributed by atoms with Crippen molar-refractivity contribution < 1.29 is 18.8 Å². The average Bonchev–Trinajstić information content (AvgIpc) is 3.34. The number of imide groups is 1. The molecule has 134 valence electrons. The molecular weight excluding hydrogens is 339 g/mol. The van der Waals surface area contributed by atoms with Crippen molar-refractivity contribution in [2.75, 3.05) is 20.1 Å². The molecule has 4 amide bonds. The van der Waals surface area contributed by atoms with Gasteiger partial charge in [0.15, 0.2) is 0 Å². The van der Waals surface area contributed by atoms with E-state index in [9.17, 15) is 18.8 Å². The lowest BCUT2D eigenvalue weighted by molar-refractivity contribution is -0.129. The van der Waals surface area contributed by atoms with Crippen molar-refractivity contribution in [1.29, 1.82) is 0 Å². The first-order valence-corrected chi connectivity index (χ1v) is 8.24. The van der Waals surface area contributed by atoms with E-state index in [1.807, 2.05) is 0 Å². The molecule has 3 heterocycles. The highest BCUT2D eigenvalue weighted by molar-refractivity contribution is 6.08. The molecule has 1 aromatic heterocycles. The third-order valence-electron chi connectivity index (χ3n) is 5.00. The van der Waals surface area contributed by atoms with Crippen LogP contribution < -0.4 is 5.32 Å². The molecule has 1 N–H and O–H groups in total. The van der Waals surface area contributed by atoms with E-state index >= 15 is 0 Å². The molecular formula is C18H17FN4O3. The molecule has 4 rings (SSSR count). The Hall–Kier alpha value is -3.16. The van der Waals surface area contributed by atoms with Gasteiger partial charge in [-0.15, -0.1) is 0 Å². The van der Waals surface area contributed by atoms with Gasteiger partial charge >= 0.3 is 6.03 Å². The number of benzene rings is 1. The second kappa shape index (κ2) is 5.69. The van der Waals surface area contributed by atoms with Gasteiger partial charge in [-0.3, -0.25) is 14.5 Å². The Labute approximate surface area is 149 Å². The largest absolute Gasteiger partial charge is 0.336 e. The molecule has 2 aliphatic heterocycles. The molecule has 2 aliphatic rings. The number of carbonyl (C=O) groups excluding carboxylic acids is 3. The maximum absolute atomic E-state index is 14.4. The molecule has 2 saturated heterocycles. The fraction of sp³-hybridized carbons (Fsp3) is 0.278. The van der Waals surface area contributed by atoms with Crippen molar-refractivity contribution in [3.05, 3.63) is 54.1 Å². The molecule has 0 radical (unpaired) electrons. The summed E-state index contributed by atoms with van der Waals surface area (Å²) in [6.07, 6.45) is 3.78. The Balaban J connectivity index is 1.55. The fourth-order valence-electron chi connectivity index (χ4n) is 3.54. The van der Waals surface area contributed by atoms with Crippen molar-refractivity contribution in [1.82, 2.24) is 19.7 Å². The highest BCUT2D eigenvalue weighted by Gasteiger charge is 2.54. The third-order valence-corrected chi connectivity index (χ3v) is 5.00. The zero-order valence-electron chi connectivity index (χ0n) is 14.1. The average molecular weight is 356 g/mol. The predicted octanol–water partition coefficient (Wildman–Crippen LogP) is 1.38. The molecule has 7 nitrogen and oxygen atoms in total. The van der Waals surface area contributed by atoms with E-state index in [4.69, 9.17) is 0 Å². The Morgan fingerprint density at radius 2 is 1.96 bits per heavy atom. The van der Waals surface area contributed by atoms with E-state index in [0.29, 0.717) is 18.7 Å². The maximum Gasteiger partial charge on any atom is 0.324 e. The first-order chi connectivity index (χ1) is 12.4. The first-order valence-electron chi connectivity index (χ1n) is 8.24. The van der Waals surface area contributed by atoms with E-state index in [1.54, 1.807) is 41.2 Å². The van der Waals surface area contributed by atoms with Crippen LogP contribution in [-0.4, -0.2) is 57.9 Å².